The van der Waals surface area contributed by atoms with Crippen molar-refractivity contribution < 1.29 is 5.11 Å². The normalized spacial score (nSPS) is 10.5. The van der Waals surface area contributed by atoms with Crippen LogP contribution in [0.25, 0.3) is 0 Å². The fourth-order valence-corrected chi connectivity index (χ4v) is 2.75. The van der Waals surface area contributed by atoms with Crippen molar-refractivity contribution >= 4 is 23.1 Å². The number of aromatic nitrogens is 1. The van der Waals surface area contributed by atoms with Gasteiger partial charge < -0.3 is 5.11 Å². The van der Waals surface area contributed by atoms with Crippen molar-refractivity contribution in [1.82, 2.24) is 4.98 Å². The number of aliphatic hydroxyl groups excluding tert-OH is 1. The third-order valence-corrected chi connectivity index (χ3v) is 3.61. The Morgan fingerprint density at radius 2 is 2.33 bits per heavy atom. The molecule has 0 radical (unpaired) electrons. The summed E-state index contributed by atoms with van der Waals surface area (Å²) in [5.74, 6) is 0.887. The Hall–Kier alpha value is -0.840. The average molecular weight is 237 g/mol. The molecular formula is C11H11NOS2. The Bertz CT molecular complexity index is 414. The fraction of sp³-hybridized carbons (Fsp3) is 0.182. The Morgan fingerprint density at radius 1 is 1.40 bits per heavy atom. The van der Waals surface area contributed by atoms with Crippen LogP contribution in [-0.2, 0) is 12.4 Å². The minimum atomic E-state index is 0.102. The molecule has 0 atom stereocenters. The van der Waals surface area contributed by atoms with Gasteiger partial charge in [0.25, 0.3) is 0 Å². The first-order valence-electron chi connectivity index (χ1n) is 4.58. The molecule has 1 N–H and O–H groups in total. The summed E-state index contributed by atoms with van der Waals surface area (Å²) in [5.41, 5.74) is 3.91. The molecule has 78 valence electrons. The minimum Gasteiger partial charge on any atom is -0.392 e. The van der Waals surface area contributed by atoms with Crippen LogP contribution in [0.15, 0.2) is 40.1 Å². The molecule has 1 aromatic carbocycles. The highest BCUT2D eigenvalue weighted by Crippen LogP contribution is 2.23. The molecule has 0 spiro atoms. The molecule has 2 nitrogen and oxygen atoms in total. The Kier molecular flexibility index (Phi) is 3.77. The van der Waals surface area contributed by atoms with Gasteiger partial charge in [-0.15, -0.1) is 23.1 Å². The predicted octanol–water partition coefficient (Wildman–Crippen LogP) is 2.93. The van der Waals surface area contributed by atoms with Crippen molar-refractivity contribution in [2.45, 2.75) is 17.3 Å². The van der Waals surface area contributed by atoms with Crippen LogP contribution >= 0.6 is 23.1 Å². The Morgan fingerprint density at radius 3 is 3.07 bits per heavy atom. The van der Waals surface area contributed by atoms with E-state index < -0.39 is 0 Å². The molecule has 15 heavy (non-hydrogen) atoms. The molecule has 4 heteroatoms. The second-order valence-corrected chi connectivity index (χ2v) is 4.84. The standard InChI is InChI=1S/C11H11NOS2/c13-5-9-2-1-3-11(4-9)15-7-10-6-14-8-12-10/h1-4,6,8,13H,5,7H2. The number of aliphatic hydroxyl groups is 1. The van der Waals surface area contributed by atoms with Crippen molar-refractivity contribution in [1.29, 1.82) is 0 Å². The van der Waals surface area contributed by atoms with Crippen LogP contribution in [0.4, 0.5) is 0 Å². The number of rotatable bonds is 4. The van der Waals surface area contributed by atoms with E-state index in [-0.39, 0.29) is 6.61 Å². The van der Waals surface area contributed by atoms with Crippen molar-refractivity contribution in [3.8, 4) is 0 Å². The molecule has 0 fully saturated rings. The molecule has 0 aliphatic carbocycles. The zero-order chi connectivity index (χ0) is 10.5. The summed E-state index contributed by atoms with van der Waals surface area (Å²) in [7, 11) is 0. The summed E-state index contributed by atoms with van der Waals surface area (Å²) < 4.78 is 0. The van der Waals surface area contributed by atoms with Crippen LogP contribution in [-0.4, -0.2) is 10.1 Å². The van der Waals surface area contributed by atoms with Crippen LogP contribution in [0.3, 0.4) is 0 Å². The summed E-state index contributed by atoms with van der Waals surface area (Å²) in [4.78, 5) is 5.40. The summed E-state index contributed by atoms with van der Waals surface area (Å²) in [6, 6.07) is 7.95. The van der Waals surface area contributed by atoms with E-state index in [0.29, 0.717) is 0 Å². The Labute approximate surface area is 97.0 Å². The number of benzene rings is 1. The van der Waals surface area contributed by atoms with Crippen molar-refractivity contribution in [3.05, 3.63) is 46.4 Å². The molecule has 0 aliphatic heterocycles. The van der Waals surface area contributed by atoms with Gasteiger partial charge in [0, 0.05) is 16.0 Å². The Balaban J connectivity index is 1.98. The van der Waals surface area contributed by atoms with Gasteiger partial charge >= 0.3 is 0 Å². The van der Waals surface area contributed by atoms with E-state index >= 15 is 0 Å². The van der Waals surface area contributed by atoms with Gasteiger partial charge in [0.15, 0.2) is 0 Å². The molecule has 1 heterocycles. The van der Waals surface area contributed by atoms with Gasteiger partial charge in [-0.05, 0) is 17.7 Å². The first kappa shape index (κ1) is 10.7. The maximum Gasteiger partial charge on any atom is 0.0795 e. The maximum absolute atomic E-state index is 8.99. The van der Waals surface area contributed by atoms with Gasteiger partial charge in [0.1, 0.15) is 0 Å². The third-order valence-electron chi connectivity index (χ3n) is 1.95. The van der Waals surface area contributed by atoms with Gasteiger partial charge in [-0.2, -0.15) is 0 Å². The lowest BCUT2D eigenvalue weighted by atomic mass is 10.2. The summed E-state index contributed by atoms with van der Waals surface area (Å²) >= 11 is 3.36. The summed E-state index contributed by atoms with van der Waals surface area (Å²) in [6.45, 7) is 0.102. The van der Waals surface area contributed by atoms with E-state index in [1.807, 2.05) is 23.7 Å². The van der Waals surface area contributed by atoms with E-state index in [1.54, 1.807) is 23.1 Å². The number of hydrogen-bond donors (Lipinski definition) is 1. The average Bonchev–Trinajstić information content (AvgIpc) is 2.79. The maximum atomic E-state index is 8.99. The minimum absolute atomic E-state index is 0.102. The van der Waals surface area contributed by atoms with E-state index in [9.17, 15) is 0 Å². The highest BCUT2D eigenvalue weighted by atomic mass is 32.2. The van der Waals surface area contributed by atoms with E-state index in [4.69, 9.17) is 5.11 Å². The molecule has 1 aromatic heterocycles. The van der Waals surface area contributed by atoms with Gasteiger partial charge in [0.2, 0.25) is 0 Å². The predicted molar refractivity (Wildman–Crippen MR) is 64.0 cm³/mol. The van der Waals surface area contributed by atoms with Crippen LogP contribution in [0.5, 0.6) is 0 Å². The smallest absolute Gasteiger partial charge is 0.0795 e. The molecule has 0 saturated heterocycles. The van der Waals surface area contributed by atoms with Crippen LogP contribution in [0.1, 0.15) is 11.3 Å². The van der Waals surface area contributed by atoms with Crippen LogP contribution in [0, 0.1) is 0 Å². The van der Waals surface area contributed by atoms with E-state index in [2.05, 4.69) is 16.4 Å². The third kappa shape index (κ3) is 3.06. The highest BCUT2D eigenvalue weighted by molar-refractivity contribution is 7.98. The number of nitrogens with zero attached hydrogens (tertiary/aromatic N) is 1. The summed E-state index contributed by atoms with van der Waals surface area (Å²) in [5, 5.41) is 11.1. The van der Waals surface area contributed by atoms with Crippen molar-refractivity contribution in [2.24, 2.45) is 0 Å². The van der Waals surface area contributed by atoms with Gasteiger partial charge in [-0.1, -0.05) is 12.1 Å². The fourth-order valence-electron chi connectivity index (χ4n) is 1.20. The summed E-state index contributed by atoms with van der Waals surface area (Å²) in [6.07, 6.45) is 0. The van der Waals surface area contributed by atoms with Gasteiger partial charge in [0.05, 0.1) is 17.8 Å². The lowest BCUT2D eigenvalue weighted by molar-refractivity contribution is 0.281. The van der Waals surface area contributed by atoms with E-state index in [0.717, 1.165) is 17.0 Å². The topological polar surface area (TPSA) is 33.1 Å². The highest BCUT2D eigenvalue weighted by Gasteiger charge is 1.98. The second kappa shape index (κ2) is 5.30. The van der Waals surface area contributed by atoms with Crippen molar-refractivity contribution in [3.63, 3.8) is 0 Å². The molecule has 2 rings (SSSR count). The van der Waals surface area contributed by atoms with E-state index in [1.165, 1.54) is 4.90 Å². The molecule has 0 amide bonds. The lowest BCUT2D eigenvalue weighted by Crippen LogP contribution is -1.84. The zero-order valence-corrected chi connectivity index (χ0v) is 9.72. The SMILES string of the molecule is OCc1cccc(SCc2cscn2)c1. The van der Waals surface area contributed by atoms with Crippen molar-refractivity contribution in [2.75, 3.05) is 0 Å². The molecule has 0 unspecified atom stereocenters. The lowest BCUT2D eigenvalue weighted by Gasteiger charge is -2.01. The largest absolute Gasteiger partial charge is 0.392 e. The molecule has 0 bridgehead atoms. The van der Waals surface area contributed by atoms with Crippen LogP contribution in [0.2, 0.25) is 0 Å². The monoisotopic (exact) mass is 237 g/mol. The van der Waals surface area contributed by atoms with Gasteiger partial charge in [-0.3, -0.25) is 0 Å². The quantitative estimate of drug-likeness (QED) is 0.830. The first-order chi connectivity index (χ1) is 7.38. The number of hydrogen-bond acceptors (Lipinski definition) is 4. The molecule has 0 saturated carbocycles. The molecular weight excluding hydrogens is 226 g/mol. The molecule has 0 aliphatic rings. The second-order valence-electron chi connectivity index (χ2n) is 3.07. The number of thiazole rings is 1. The molecule has 2 aromatic rings. The first-order valence-corrected chi connectivity index (χ1v) is 6.51. The van der Waals surface area contributed by atoms with Crippen LogP contribution < -0.4 is 0 Å². The van der Waals surface area contributed by atoms with Gasteiger partial charge in [-0.25, -0.2) is 4.98 Å². The number of thioether (sulfide) groups is 1. The zero-order valence-electron chi connectivity index (χ0n) is 8.09.